The summed E-state index contributed by atoms with van der Waals surface area (Å²) < 4.78 is 0. The first-order valence-electron chi connectivity index (χ1n) is 9.72. The number of benzene rings is 4. The molecule has 8 heteroatoms. The maximum absolute atomic E-state index is 11.2. The Morgan fingerprint density at radius 2 is 0.844 bits per heavy atom. The van der Waals surface area contributed by atoms with Gasteiger partial charge in [0.05, 0.1) is 9.85 Å². The van der Waals surface area contributed by atoms with Gasteiger partial charge in [0.15, 0.2) is 0 Å². The van der Waals surface area contributed by atoms with E-state index < -0.39 is 9.85 Å². The summed E-state index contributed by atoms with van der Waals surface area (Å²) in [5.74, 6) is 0. The molecule has 0 bridgehead atoms. The van der Waals surface area contributed by atoms with Crippen LogP contribution in [-0.4, -0.2) is 9.85 Å². The van der Waals surface area contributed by atoms with Crippen LogP contribution in [0.4, 0.5) is 34.1 Å². The van der Waals surface area contributed by atoms with Crippen LogP contribution in [0.2, 0.25) is 0 Å². The Kier molecular flexibility index (Phi) is 5.76. The Morgan fingerprint density at radius 3 is 1.19 bits per heavy atom. The van der Waals surface area contributed by atoms with E-state index in [0.29, 0.717) is 11.4 Å². The number of rotatable bonds is 7. The van der Waals surface area contributed by atoms with Crippen molar-refractivity contribution in [1.29, 1.82) is 0 Å². The third kappa shape index (κ3) is 4.54. The highest BCUT2D eigenvalue weighted by Crippen LogP contribution is 2.30. The summed E-state index contributed by atoms with van der Waals surface area (Å²) in [6, 6.07) is 28.0. The summed E-state index contributed by atoms with van der Waals surface area (Å²) in [5, 5.41) is 28.5. The fourth-order valence-electron chi connectivity index (χ4n) is 3.28. The normalized spacial score (nSPS) is 10.4. The number of nitrogens with zero attached hydrogens (tertiary/aromatic N) is 2. The highest BCUT2D eigenvalue weighted by Gasteiger charge is 2.13. The molecule has 0 heterocycles. The Bertz CT molecular complexity index is 1170. The van der Waals surface area contributed by atoms with Crippen LogP contribution in [-0.2, 0) is 0 Å². The zero-order valence-corrected chi connectivity index (χ0v) is 16.8. The minimum absolute atomic E-state index is 0.0123. The van der Waals surface area contributed by atoms with Crippen LogP contribution in [0.1, 0.15) is 0 Å². The number of hydrogen-bond donors (Lipinski definition) is 2. The second kappa shape index (κ2) is 8.97. The number of nitro benzene ring substituents is 2. The molecule has 0 spiro atoms. The number of nitro groups is 2. The molecule has 0 aliphatic carbocycles. The lowest BCUT2D eigenvalue weighted by atomic mass is 10.0. The second-order valence-electron chi connectivity index (χ2n) is 6.95. The molecule has 32 heavy (non-hydrogen) atoms. The summed E-state index contributed by atoms with van der Waals surface area (Å²) in [6.07, 6.45) is 0. The number of para-hydroxylation sites is 4. The van der Waals surface area contributed by atoms with Crippen molar-refractivity contribution in [3.63, 3.8) is 0 Å². The SMILES string of the molecule is O=[N+]([O-])c1ccccc1Nc1ccc(-c2ccc(Nc3ccccc3[N+](=O)[O-])cc2)cc1. The number of hydrogen-bond acceptors (Lipinski definition) is 6. The first-order chi connectivity index (χ1) is 15.5. The summed E-state index contributed by atoms with van der Waals surface area (Å²) >= 11 is 0. The predicted molar refractivity (Wildman–Crippen MR) is 125 cm³/mol. The molecule has 0 radical (unpaired) electrons. The fourth-order valence-corrected chi connectivity index (χ4v) is 3.28. The summed E-state index contributed by atoms with van der Waals surface area (Å²) in [6.45, 7) is 0. The lowest BCUT2D eigenvalue weighted by Crippen LogP contribution is -1.97. The molecule has 0 unspecified atom stereocenters. The molecule has 0 saturated heterocycles. The topological polar surface area (TPSA) is 110 Å². The van der Waals surface area contributed by atoms with Gasteiger partial charge >= 0.3 is 0 Å². The monoisotopic (exact) mass is 426 g/mol. The van der Waals surface area contributed by atoms with Crippen molar-refractivity contribution >= 4 is 34.1 Å². The van der Waals surface area contributed by atoms with Gasteiger partial charge in [-0.1, -0.05) is 48.5 Å². The van der Waals surface area contributed by atoms with Crippen LogP contribution in [0, 0.1) is 20.2 Å². The highest BCUT2D eigenvalue weighted by molar-refractivity contribution is 5.74. The summed E-state index contributed by atoms with van der Waals surface area (Å²) in [4.78, 5) is 21.5. The Hall–Kier alpha value is -4.72. The van der Waals surface area contributed by atoms with Gasteiger partial charge in [-0.2, -0.15) is 0 Å². The second-order valence-corrected chi connectivity index (χ2v) is 6.95. The number of nitrogens with one attached hydrogen (secondary N) is 2. The van der Waals surface area contributed by atoms with Crippen LogP contribution >= 0.6 is 0 Å². The minimum atomic E-state index is -0.420. The van der Waals surface area contributed by atoms with Gasteiger partial charge in [-0.05, 0) is 47.5 Å². The molecule has 2 N–H and O–H groups in total. The first-order valence-corrected chi connectivity index (χ1v) is 9.72. The van der Waals surface area contributed by atoms with Crippen molar-refractivity contribution in [2.45, 2.75) is 0 Å². The van der Waals surface area contributed by atoms with E-state index in [4.69, 9.17) is 0 Å². The lowest BCUT2D eigenvalue weighted by molar-refractivity contribution is -0.384. The molecule has 0 aliphatic rings. The van der Waals surface area contributed by atoms with Gasteiger partial charge in [0.2, 0.25) is 0 Å². The fraction of sp³-hybridized carbons (Fsp3) is 0. The van der Waals surface area contributed by atoms with Gasteiger partial charge in [-0.25, -0.2) is 0 Å². The lowest BCUT2D eigenvalue weighted by Gasteiger charge is -2.10. The van der Waals surface area contributed by atoms with Crippen molar-refractivity contribution in [3.8, 4) is 11.1 Å². The Balaban J connectivity index is 1.48. The average Bonchev–Trinajstić information content (AvgIpc) is 2.81. The average molecular weight is 426 g/mol. The first kappa shape index (κ1) is 20.5. The molecule has 4 aromatic rings. The third-order valence-corrected chi connectivity index (χ3v) is 4.86. The van der Waals surface area contributed by atoms with Gasteiger partial charge in [0.25, 0.3) is 11.4 Å². The van der Waals surface area contributed by atoms with Gasteiger partial charge in [-0.3, -0.25) is 20.2 Å². The molecular formula is C24H18N4O4. The largest absolute Gasteiger partial charge is 0.350 e. The van der Waals surface area contributed by atoms with Gasteiger partial charge in [0.1, 0.15) is 11.4 Å². The van der Waals surface area contributed by atoms with Crippen molar-refractivity contribution in [1.82, 2.24) is 0 Å². The van der Waals surface area contributed by atoms with Gasteiger partial charge < -0.3 is 10.6 Å². The van der Waals surface area contributed by atoms with E-state index in [-0.39, 0.29) is 11.4 Å². The van der Waals surface area contributed by atoms with E-state index >= 15 is 0 Å². The van der Waals surface area contributed by atoms with E-state index in [1.54, 1.807) is 36.4 Å². The van der Waals surface area contributed by atoms with Gasteiger partial charge in [-0.15, -0.1) is 0 Å². The molecule has 0 aromatic heterocycles. The van der Waals surface area contributed by atoms with Crippen LogP contribution in [0.25, 0.3) is 11.1 Å². The molecule has 4 rings (SSSR count). The van der Waals surface area contributed by atoms with E-state index in [1.165, 1.54) is 12.1 Å². The molecule has 8 nitrogen and oxygen atoms in total. The van der Waals surface area contributed by atoms with Gasteiger partial charge in [0, 0.05) is 23.5 Å². The van der Waals surface area contributed by atoms with E-state index in [1.807, 2.05) is 48.5 Å². The smallest absolute Gasteiger partial charge is 0.292 e. The molecule has 0 amide bonds. The van der Waals surface area contributed by atoms with Crippen LogP contribution < -0.4 is 10.6 Å². The molecular weight excluding hydrogens is 408 g/mol. The van der Waals surface area contributed by atoms with E-state index in [9.17, 15) is 20.2 Å². The third-order valence-electron chi connectivity index (χ3n) is 4.86. The zero-order chi connectivity index (χ0) is 22.5. The molecule has 0 fully saturated rings. The van der Waals surface area contributed by atoms with Crippen molar-refractivity contribution in [2.24, 2.45) is 0 Å². The minimum Gasteiger partial charge on any atom is -0.350 e. The Labute approximate surface area is 183 Å². The van der Waals surface area contributed by atoms with Crippen molar-refractivity contribution < 1.29 is 9.85 Å². The molecule has 0 saturated carbocycles. The Morgan fingerprint density at radius 1 is 0.500 bits per heavy atom. The van der Waals surface area contributed by atoms with E-state index in [2.05, 4.69) is 10.6 Å². The maximum Gasteiger partial charge on any atom is 0.292 e. The molecule has 158 valence electrons. The van der Waals surface area contributed by atoms with Crippen molar-refractivity contribution in [2.75, 3.05) is 10.6 Å². The summed E-state index contributed by atoms with van der Waals surface area (Å²) in [7, 11) is 0. The van der Waals surface area contributed by atoms with Crippen molar-refractivity contribution in [3.05, 3.63) is 117 Å². The molecule has 4 aromatic carbocycles. The van der Waals surface area contributed by atoms with Crippen LogP contribution in [0.3, 0.4) is 0 Å². The number of anilines is 4. The summed E-state index contributed by atoms with van der Waals surface area (Å²) in [5.41, 5.74) is 4.28. The van der Waals surface area contributed by atoms with Crippen LogP contribution in [0.5, 0.6) is 0 Å². The predicted octanol–water partition coefficient (Wildman–Crippen LogP) is 6.66. The van der Waals surface area contributed by atoms with E-state index in [0.717, 1.165) is 22.5 Å². The zero-order valence-electron chi connectivity index (χ0n) is 16.8. The molecule has 0 aliphatic heterocycles. The highest BCUT2D eigenvalue weighted by atomic mass is 16.6. The molecule has 0 atom stereocenters. The van der Waals surface area contributed by atoms with Crippen LogP contribution in [0.15, 0.2) is 97.1 Å². The standard InChI is InChI=1S/C24H18N4O4/c29-27(30)23-7-3-1-5-21(23)25-19-13-9-17(10-14-19)18-11-15-20(16-12-18)26-22-6-2-4-8-24(22)28(31)32/h1-16,25-26H. The quantitative estimate of drug-likeness (QED) is 0.253. The maximum atomic E-state index is 11.2.